The van der Waals surface area contributed by atoms with E-state index in [1.807, 2.05) is 18.5 Å². The van der Waals surface area contributed by atoms with E-state index in [4.69, 9.17) is 4.74 Å². The van der Waals surface area contributed by atoms with E-state index in [0.29, 0.717) is 0 Å². The number of nitrogens with zero attached hydrogens (tertiary/aromatic N) is 4. The van der Waals surface area contributed by atoms with Crippen molar-refractivity contribution in [3.8, 4) is 5.75 Å². The molecule has 3 aromatic rings. The Labute approximate surface area is 154 Å². The van der Waals surface area contributed by atoms with Crippen LogP contribution >= 0.6 is 0 Å². The van der Waals surface area contributed by atoms with Crippen molar-refractivity contribution in [3.63, 3.8) is 0 Å². The van der Waals surface area contributed by atoms with Gasteiger partial charge in [0.05, 0.1) is 18.8 Å². The van der Waals surface area contributed by atoms with Gasteiger partial charge in [0.1, 0.15) is 5.75 Å². The molecule has 0 atom stereocenters. The first kappa shape index (κ1) is 16.9. The lowest BCUT2D eigenvalue weighted by atomic mass is 10.1. The van der Waals surface area contributed by atoms with Gasteiger partial charge >= 0.3 is 0 Å². The summed E-state index contributed by atoms with van der Waals surface area (Å²) in [7, 11) is 1.68. The molecule has 5 nitrogen and oxygen atoms in total. The molecule has 1 aromatic carbocycles. The highest BCUT2D eigenvalue weighted by Crippen LogP contribution is 2.19. The summed E-state index contributed by atoms with van der Waals surface area (Å²) in [6.45, 7) is 6.16. The van der Waals surface area contributed by atoms with Crippen molar-refractivity contribution in [2.45, 2.75) is 13.1 Å². The first-order chi connectivity index (χ1) is 12.8. The SMILES string of the molecule is COc1cncc(CN2CCN(Cc3cccc4cccnc34)CC2)c1. The highest BCUT2D eigenvalue weighted by molar-refractivity contribution is 5.81. The van der Waals surface area contributed by atoms with Crippen molar-refractivity contribution in [1.29, 1.82) is 0 Å². The van der Waals surface area contributed by atoms with E-state index in [1.54, 1.807) is 13.3 Å². The molecular formula is C21H24N4O. The Morgan fingerprint density at radius 2 is 1.73 bits per heavy atom. The van der Waals surface area contributed by atoms with Crippen molar-refractivity contribution in [3.05, 3.63) is 66.1 Å². The van der Waals surface area contributed by atoms with Crippen LogP contribution in [-0.2, 0) is 13.1 Å². The lowest BCUT2D eigenvalue weighted by molar-refractivity contribution is 0.122. The number of para-hydroxylation sites is 1. The van der Waals surface area contributed by atoms with Gasteiger partial charge in [-0.1, -0.05) is 24.3 Å². The quantitative estimate of drug-likeness (QED) is 0.709. The number of fused-ring (bicyclic) bond motifs is 1. The third-order valence-electron chi connectivity index (χ3n) is 4.99. The van der Waals surface area contributed by atoms with Crippen LogP contribution in [0.4, 0.5) is 0 Å². The molecule has 1 aliphatic heterocycles. The monoisotopic (exact) mass is 348 g/mol. The van der Waals surface area contributed by atoms with E-state index >= 15 is 0 Å². The minimum Gasteiger partial charge on any atom is -0.495 e. The molecule has 0 spiro atoms. The zero-order valence-corrected chi connectivity index (χ0v) is 15.1. The summed E-state index contributed by atoms with van der Waals surface area (Å²) in [5.74, 6) is 0.824. The number of aromatic nitrogens is 2. The summed E-state index contributed by atoms with van der Waals surface area (Å²) in [5.41, 5.74) is 3.64. The minimum atomic E-state index is 0.824. The molecule has 3 heterocycles. The summed E-state index contributed by atoms with van der Waals surface area (Å²) < 4.78 is 5.27. The van der Waals surface area contributed by atoms with Crippen LogP contribution in [0.2, 0.25) is 0 Å². The normalized spacial score (nSPS) is 16.0. The average molecular weight is 348 g/mol. The van der Waals surface area contributed by atoms with Crippen molar-refractivity contribution in [2.24, 2.45) is 0 Å². The fraction of sp³-hybridized carbons (Fsp3) is 0.333. The zero-order valence-electron chi connectivity index (χ0n) is 15.1. The largest absolute Gasteiger partial charge is 0.495 e. The summed E-state index contributed by atoms with van der Waals surface area (Å²) in [6, 6.07) is 12.7. The predicted molar refractivity (Wildman–Crippen MR) is 103 cm³/mol. The molecule has 1 aliphatic rings. The molecule has 0 radical (unpaired) electrons. The van der Waals surface area contributed by atoms with Gasteiger partial charge in [0.2, 0.25) is 0 Å². The fourth-order valence-corrected chi connectivity index (χ4v) is 3.56. The van der Waals surface area contributed by atoms with Gasteiger partial charge in [0.15, 0.2) is 0 Å². The number of pyridine rings is 2. The van der Waals surface area contributed by atoms with Crippen molar-refractivity contribution in [2.75, 3.05) is 33.3 Å². The van der Waals surface area contributed by atoms with E-state index in [-0.39, 0.29) is 0 Å². The smallest absolute Gasteiger partial charge is 0.137 e. The second-order valence-electron chi connectivity index (χ2n) is 6.78. The number of rotatable bonds is 5. The summed E-state index contributed by atoms with van der Waals surface area (Å²) >= 11 is 0. The standard InChI is InChI=1S/C21H24N4O/c1-26-20-12-17(13-22-14-20)15-24-8-10-25(11-9-24)16-19-5-2-4-18-6-3-7-23-21(18)19/h2-7,12-14H,8-11,15-16H2,1H3. The number of hydrogen-bond acceptors (Lipinski definition) is 5. The van der Waals surface area contributed by atoms with Crippen LogP contribution in [0.5, 0.6) is 5.75 Å². The van der Waals surface area contributed by atoms with E-state index in [9.17, 15) is 0 Å². The molecule has 1 fully saturated rings. The highest BCUT2D eigenvalue weighted by atomic mass is 16.5. The number of hydrogen-bond donors (Lipinski definition) is 0. The van der Waals surface area contributed by atoms with Crippen LogP contribution in [0, 0.1) is 0 Å². The van der Waals surface area contributed by atoms with Gasteiger partial charge in [-0.05, 0) is 23.3 Å². The Balaban J connectivity index is 1.36. The molecule has 26 heavy (non-hydrogen) atoms. The van der Waals surface area contributed by atoms with Crippen molar-refractivity contribution >= 4 is 10.9 Å². The molecule has 0 bridgehead atoms. The van der Waals surface area contributed by atoms with Gasteiger partial charge in [-0.2, -0.15) is 0 Å². The fourth-order valence-electron chi connectivity index (χ4n) is 3.56. The van der Waals surface area contributed by atoms with E-state index in [1.165, 1.54) is 16.5 Å². The number of benzene rings is 1. The topological polar surface area (TPSA) is 41.5 Å². The molecule has 4 rings (SSSR count). The highest BCUT2D eigenvalue weighted by Gasteiger charge is 2.18. The average Bonchev–Trinajstić information content (AvgIpc) is 2.70. The minimum absolute atomic E-state index is 0.824. The summed E-state index contributed by atoms with van der Waals surface area (Å²) in [5, 5.41) is 1.22. The van der Waals surface area contributed by atoms with E-state index < -0.39 is 0 Å². The van der Waals surface area contributed by atoms with Crippen LogP contribution < -0.4 is 4.74 Å². The molecule has 5 heteroatoms. The van der Waals surface area contributed by atoms with Crippen LogP contribution in [0.25, 0.3) is 10.9 Å². The number of piperazine rings is 1. The molecule has 134 valence electrons. The molecule has 0 amide bonds. The molecule has 0 unspecified atom stereocenters. The molecular weight excluding hydrogens is 324 g/mol. The number of methoxy groups -OCH3 is 1. The van der Waals surface area contributed by atoms with Gasteiger partial charge < -0.3 is 4.74 Å². The maximum Gasteiger partial charge on any atom is 0.137 e. The Morgan fingerprint density at radius 3 is 2.54 bits per heavy atom. The van der Waals surface area contributed by atoms with Crippen LogP contribution in [0.1, 0.15) is 11.1 Å². The summed E-state index contributed by atoms with van der Waals surface area (Å²) in [6.07, 6.45) is 5.56. The molecule has 0 N–H and O–H groups in total. The van der Waals surface area contributed by atoms with E-state index in [0.717, 1.165) is 50.5 Å². The third kappa shape index (κ3) is 3.84. The first-order valence-electron chi connectivity index (χ1n) is 9.07. The molecule has 0 aliphatic carbocycles. The maximum absolute atomic E-state index is 5.27. The zero-order chi connectivity index (χ0) is 17.8. The predicted octanol–water partition coefficient (Wildman–Crippen LogP) is 2.96. The number of ether oxygens (including phenoxy) is 1. The lowest BCUT2D eigenvalue weighted by Gasteiger charge is -2.34. The van der Waals surface area contributed by atoms with Gasteiger partial charge in [-0.15, -0.1) is 0 Å². The molecule has 0 saturated carbocycles. The Morgan fingerprint density at radius 1 is 0.962 bits per heavy atom. The second kappa shape index (κ2) is 7.81. The van der Waals surface area contributed by atoms with Crippen molar-refractivity contribution < 1.29 is 4.74 Å². The Bertz CT molecular complexity index is 869. The van der Waals surface area contributed by atoms with Crippen LogP contribution in [0.15, 0.2) is 55.0 Å². The Kier molecular flexibility index (Phi) is 5.09. The van der Waals surface area contributed by atoms with Gasteiger partial charge in [-0.3, -0.25) is 19.8 Å². The first-order valence-corrected chi connectivity index (χ1v) is 9.07. The maximum atomic E-state index is 5.27. The lowest BCUT2D eigenvalue weighted by Crippen LogP contribution is -2.45. The Hall–Kier alpha value is -2.50. The summed E-state index contributed by atoms with van der Waals surface area (Å²) in [4.78, 5) is 13.8. The van der Waals surface area contributed by atoms with Crippen molar-refractivity contribution in [1.82, 2.24) is 19.8 Å². The van der Waals surface area contributed by atoms with Gasteiger partial charge in [-0.25, -0.2) is 0 Å². The molecule has 1 saturated heterocycles. The van der Waals surface area contributed by atoms with E-state index in [2.05, 4.69) is 50.1 Å². The second-order valence-corrected chi connectivity index (χ2v) is 6.78. The van der Waals surface area contributed by atoms with Crippen LogP contribution in [0.3, 0.4) is 0 Å². The van der Waals surface area contributed by atoms with Crippen LogP contribution in [-0.4, -0.2) is 53.1 Å². The third-order valence-corrected chi connectivity index (χ3v) is 4.99. The van der Waals surface area contributed by atoms with Gasteiger partial charge in [0.25, 0.3) is 0 Å². The van der Waals surface area contributed by atoms with Gasteiger partial charge in [0, 0.05) is 57.0 Å². The molecule has 2 aromatic heterocycles.